The van der Waals surface area contributed by atoms with Crippen LogP contribution in [0.15, 0.2) is 54.6 Å². The van der Waals surface area contributed by atoms with E-state index in [-0.39, 0.29) is 42.1 Å². The van der Waals surface area contributed by atoms with E-state index >= 15 is 0 Å². The Morgan fingerprint density at radius 2 is 1.73 bits per heavy atom. The third-order valence-electron chi connectivity index (χ3n) is 6.88. The van der Waals surface area contributed by atoms with Crippen molar-refractivity contribution in [3.05, 3.63) is 60.2 Å². The molecule has 2 aromatic carbocycles. The number of piperidine rings is 1. The Morgan fingerprint density at radius 1 is 1.03 bits per heavy atom. The number of nitrogens with zero attached hydrogens (tertiary/aromatic N) is 1. The smallest absolute Gasteiger partial charge is 0.247 e. The molecule has 2 fully saturated rings. The SMILES string of the molecule is CCOc1ccc(NC(=O)[C@H](Cc2ccccc2)NC(=O)C2CCN(C(=O)[C@@H]3CCCN3)CC2)cc1.Cl. The second-order valence-electron chi connectivity index (χ2n) is 9.45. The second-order valence-corrected chi connectivity index (χ2v) is 9.45. The van der Waals surface area contributed by atoms with Gasteiger partial charge in [-0.25, -0.2) is 0 Å². The molecule has 3 amide bonds. The van der Waals surface area contributed by atoms with Gasteiger partial charge in [0.25, 0.3) is 0 Å². The Bertz CT molecular complexity index is 1020. The summed E-state index contributed by atoms with van der Waals surface area (Å²) in [6.07, 6.45) is 3.49. The van der Waals surface area contributed by atoms with Gasteiger partial charge in [0.1, 0.15) is 11.8 Å². The largest absolute Gasteiger partial charge is 0.494 e. The Balaban J connectivity index is 0.00000380. The van der Waals surface area contributed by atoms with Crippen molar-refractivity contribution in [3.8, 4) is 5.75 Å². The molecule has 2 atom stereocenters. The van der Waals surface area contributed by atoms with Gasteiger partial charge in [-0.05, 0) is 69.0 Å². The summed E-state index contributed by atoms with van der Waals surface area (Å²) in [5.74, 6) is 0.253. The zero-order valence-corrected chi connectivity index (χ0v) is 22.1. The van der Waals surface area contributed by atoms with Crippen molar-refractivity contribution in [1.82, 2.24) is 15.5 Å². The first-order chi connectivity index (χ1) is 17.5. The third-order valence-corrected chi connectivity index (χ3v) is 6.88. The fourth-order valence-electron chi connectivity index (χ4n) is 4.86. The van der Waals surface area contributed by atoms with Crippen molar-refractivity contribution < 1.29 is 19.1 Å². The van der Waals surface area contributed by atoms with Gasteiger partial charge in [0.05, 0.1) is 12.6 Å². The molecule has 0 unspecified atom stereocenters. The molecule has 0 saturated carbocycles. The molecule has 2 aromatic rings. The maximum absolute atomic E-state index is 13.2. The van der Waals surface area contributed by atoms with Crippen LogP contribution in [0, 0.1) is 5.92 Å². The lowest BCUT2D eigenvalue weighted by atomic mass is 9.94. The number of rotatable bonds is 9. The first kappa shape index (κ1) is 28.5. The van der Waals surface area contributed by atoms with Crippen LogP contribution in [0.2, 0.25) is 0 Å². The van der Waals surface area contributed by atoms with E-state index in [1.54, 1.807) is 24.3 Å². The van der Waals surface area contributed by atoms with Crippen molar-refractivity contribution in [2.45, 2.75) is 51.1 Å². The molecule has 2 aliphatic heterocycles. The molecule has 0 aliphatic carbocycles. The molecular weight excluding hydrogens is 492 g/mol. The van der Waals surface area contributed by atoms with E-state index in [0.29, 0.717) is 44.6 Å². The van der Waals surface area contributed by atoms with Crippen molar-refractivity contribution in [3.63, 3.8) is 0 Å². The van der Waals surface area contributed by atoms with E-state index in [1.807, 2.05) is 42.2 Å². The summed E-state index contributed by atoms with van der Waals surface area (Å²) in [4.78, 5) is 40.9. The first-order valence-corrected chi connectivity index (χ1v) is 12.9. The van der Waals surface area contributed by atoms with Crippen LogP contribution in [-0.2, 0) is 20.8 Å². The number of ether oxygens (including phenoxy) is 1. The standard InChI is InChI=1S/C28H36N4O4.ClH/c1-2-36-23-12-10-22(11-13-23)30-27(34)25(19-20-7-4-3-5-8-20)31-26(33)21-14-17-32(18-15-21)28(35)24-9-6-16-29-24;/h3-5,7-8,10-13,21,24-25,29H,2,6,9,14-19H2,1H3,(H,30,34)(H,31,33);1H/t24-,25-;/m0./s1. The zero-order valence-electron chi connectivity index (χ0n) is 21.3. The molecule has 0 bridgehead atoms. The molecule has 0 spiro atoms. The van der Waals surface area contributed by atoms with Crippen LogP contribution in [0.1, 0.15) is 38.2 Å². The number of benzene rings is 2. The highest BCUT2D eigenvalue weighted by Gasteiger charge is 2.33. The van der Waals surface area contributed by atoms with E-state index in [4.69, 9.17) is 4.74 Å². The Labute approximate surface area is 224 Å². The number of anilines is 1. The Kier molecular flexibility index (Phi) is 10.8. The average molecular weight is 529 g/mol. The highest BCUT2D eigenvalue weighted by Crippen LogP contribution is 2.21. The summed E-state index contributed by atoms with van der Waals surface area (Å²) in [6.45, 7) is 4.51. The van der Waals surface area contributed by atoms with Crippen LogP contribution in [0.5, 0.6) is 5.75 Å². The van der Waals surface area contributed by atoms with Gasteiger partial charge in [-0.3, -0.25) is 14.4 Å². The number of likely N-dealkylation sites (tertiary alicyclic amines) is 1. The fourth-order valence-corrected chi connectivity index (χ4v) is 4.86. The summed E-state index contributed by atoms with van der Waals surface area (Å²) in [6, 6.07) is 16.1. The lowest BCUT2D eigenvalue weighted by Gasteiger charge is -2.33. The minimum atomic E-state index is -0.714. The molecule has 2 heterocycles. The maximum Gasteiger partial charge on any atom is 0.247 e. The molecule has 0 radical (unpaired) electrons. The summed E-state index contributed by atoms with van der Waals surface area (Å²) in [5, 5.41) is 9.18. The van der Waals surface area contributed by atoms with Crippen LogP contribution < -0.4 is 20.7 Å². The lowest BCUT2D eigenvalue weighted by molar-refractivity contribution is -0.137. The van der Waals surface area contributed by atoms with Gasteiger partial charge >= 0.3 is 0 Å². The molecular formula is C28H37ClN4O4. The van der Waals surface area contributed by atoms with E-state index in [2.05, 4.69) is 16.0 Å². The number of amides is 3. The van der Waals surface area contributed by atoms with Gasteiger partial charge in [0, 0.05) is 31.1 Å². The highest BCUT2D eigenvalue weighted by molar-refractivity contribution is 5.97. The minimum Gasteiger partial charge on any atom is -0.494 e. The molecule has 200 valence electrons. The molecule has 9 heteroatoms. The number of carbonyl (C=O) groups is 3. The molecule has 0 aromatic heterocycles. The molecule has 3 N–H and O–H groups in total. The quantitative estimate of drug-likeness (QED) is 0.464. The maximum atomic E-state index is 13.2. The van der Waals surface area contributed by atoms with E-state index in [0.717, 1.165) is 30.7 Å². The van der Waals surface area contributed by atoms with Gasteiger partial charge in [0.2, 0.25) is 17.7 Å². The van der Waals surface area contributed by atoms with E-state index in [1.165, 1.54) is 0 Å². The average Bonchev–Trinajstić information content (AvgIpc) is 3.45. The Morgan fingerprint density at radius 3 is 2.35 bits per heavy atom. The van der Waals surface area contributed by atoms with Gasteiger partial charge < -0.3 is 25.6 Å². The topological polar surface area (TPSA) is 99.8 Å². The fraction of sp³-hybridized carbons (Fsp3) is 0.464. The third kappa shape index (κ3) is 7.94. The lowest BCUT2D eigenvalue weighted by Crippen LogP contribution is -2.51. The second kappa shape index (κ2) is 14.0. The molecule has 37 heavy (non-hydrogen) atoms. The number of hydrogen-bond acceptors (Lipinski definition) is 5. The molecule has 8 nitrogen and oxygen atoms in total. The van der Waals surface area contributed by atoms with Crippen molar-refractivity contribution in [2.24, 2.45) is 5.92 Å². The van der Waals surface area contributed by atoms with Gasteiger partial charge in [-0.2, -0.15) is 0 Å². The minimum absolute atomic E-state index is 0. The summed E-state index contributed by atoms with van der Waals surface area (Å²) < 4.78 is 5.47. The van der Waals surface area contributed by atoms with Crippen LogP contribution in [-0.4, -0.2) is 60.9 Å². The number of carbonyl (C=O) groups excluding carboxylic acids is 3. The van der Waals surface area contributed by atoms with Crippen LogP contribution in [0.4, 0.5) is 5.69 Å². The highest BCUT2D eigenvalue weighted by atomic mass is 35.5. The number of nitrogens with one attached hydrogen (secondary N) is 3. The predicted molar refractivity (Wildman–Crippen MR) is 146 cm³/mol. The van der Waals surface area contributed by atoms with Crippen LogP contribution >= 0.6 is 12.4 Å². The van der Waals surface area contributed by atoms with Crippen molar-refractivity contribution >= 4 is 35.8 Å². The van der Waals surface area contributed by atoms with Gasteiger partial charge in [-0.15, -0.1) is 12.4 Å². The summed E-state index contributed by atoms with van der Waals surface area (Å²) >= 11 is 0. The van der Waals surface area contributed by atoms with Crippen molar-refractivity contribution in [2.75, 3.05) is 31.6 Å². The van der Waals surface area contributed by atoms with Gasteiger partial charge in [0.15, 0.2) is 0 Å². The van der Waals surface area contributed by atoms with Crippen molar-refractivity contribution in [1.29, 1.82) is 0 Å². The molecule has 4 rings (SSSR count). The summed E-state index contributed by atoms with van der Waals surface area (Å²) in [5.41, 5.74) is 1.61. The first-order valence-electron chi connectivity index (χ1n) is 12.9. The normalized spacial score (nSPS) is 18.4. The number of hydrogen-bond donors (Lipinski definition) is 3. The number of halogens is 1. The monoisotopic (exact) mass is 528 g/mol. The predicted octanol–water partition coefficient (Wildman–Crippen LogP) is 3.16. The van der Waals surface area contributed by atoms with E-state index < -0.39 is 6.04 Å². The zero-order chi connectivity index (χ0) is 25.3. The van der Waals surface area contributed by atoms with Crippen LogP contribution in [0.25, 0.3) is 0 Å². The van der Waals surface area contributed by atoms with Crippen LogP contribution in [0.3, 0.4) is 0 Å². The van der Waals surface area contributed by atoms with E-state index in [9.17, 15) is 14.4 Å². The Hall–Kier alpha value is -3.10. The van der Waals surface area contributed by atoms with Gasteiger partial charge in [-0.1, -0.05) is 30.3 Å². The summed E-state index contributed by atoms with van der Waals surface area (Å²) in [7, 11) is 0. The molecule has 2 saturated heterocycles. The molecule has 2 aliphatic rings.